The van der Waals surface area contributed by atoms with Crippen LogP contribution in [-0.4, -0.2) is 63.2 Å². The van der Waals surface area contributed by atoms with Gasteiger partial charge in [-0.25, -0.2) is 0 Å². The molecule has 2 aromatic rings. The molecule has 7 nitrogen and oxygen atoms in total. The number of hydrogen-bond donors (Lipinski definition) is 0. The Labute approximate surface area is 213 Å². The van der Waals surface area contributed by atoms with Gasteiger partial charge in [0.25, 0.3) is 0 Å². The summed E-state index contributed by atoms with van der Waals surface area (Å²) in [6.45, 7) is 8.81. The molecule has 2 unspecified atom stereocenters. The molecule has 2 aliphatic heterocycles. The second kappa shape index (κ2) is 11.3. The molecule has 1 saturated carbocycles. The molecule has 1 aromatic carbocycles. The van der Waals surface area contributed by atoms with Gasteiger partial charge in [-0.1, -0.05) is 49.0 Å². The molecule has 0 N–H and O–H groups in total. The normalized spacial score (nSPS) is 21.9. The zero-order valence-corrected chi connectivity index (χ0v) is 22.0. The molecule has 3 aliphatic rings. The minimum Gasteiger partial charge on any atom is -0.376 e. The number of anilines is 1. The molecule has 8 heteroatoms. The number of thioether (sulfide) groups is 1. The Balaban J connectivity index is 1.30. The van der Waals surface area contributed by atoms with E-state index in [-0.39, 0.29) is 18.1 Å². The number of aromatic nitrogens is 3. The van der Waals surface area contributed by atoms with Crippen molar-refractivity contribution in [1.29, 1.82) is 0 Å². The highest BCUT2D eigenvalue weighted by atomic mass is 32.2. The minimum atomic E-state index is 0.179. The molecule has 190 valence electrons. The monoisotopic (exact) mass is 497 g/mol. The fourth-order valence-electron chi connectivity index (χ4n) is 5.26. The zero-order chi connectivity index (χ0) is 24.2. The van der Waals surface area contributed by atoms with Crippen molar-refractivity contribution >= 4 is 23.6 Å². The van der Waals surface area contributed by atoms with Gasteiger partial charge in [0.05, 0.1) is 18.4 Å². The van der Waals surface area contributed by atoms with E-state index < -0.39 is 0 Å². The summed E-state index contributed by atoms with van der Waals surface area (Å²) in [5.41, 5.74) is 1.18. The Morgan fingerprint density at radius 2 is 1.91 bits per heavy atom. The maximum absolute atomic E-state index is 13.5. The zero-order valence-electron chi connectivity index (χ0n) is 21.1. The smallest absolute Gasteiger partial charge is 0.233 e. The first-order chi connectivity index (χ1) is 17.1. The summed E-state index contributed by atoms with van der Waals surface area (Å²) >= 11 is 1.53. The molecule has 0 spiro atoms. The maximum Gasteiger partial charge on any atom is 0.233 e. The van der Waals surface area contributed by atoms with Crippen LogP contribution in [0, 0.1) is 11.8 Å². The number of amides is 1. The largest absolute Gasteiger partial charge is 0.376 e. The highest BCUT2D eigenvalue weighted by Gasteiger charge is 2.34. The molecule has 2 atom stereocenters. The lowest BCUT2D eigenvalue weighted by Crippen LogP contribution is -2.40. The molecule has 1 aromatic heterocycles. The van der Waals surface area contributed by atoms with Gasteiger partial charge in [-0.15, -0.1) is 10.2 Å². The van der Waals surface area contributed by atoms with Crippen LogP contribution in [-0.2, 0) is 22.6 Å². The van der Waals surface area contributed by atoms with Crippen LogP contribution in [0.15, 0.2) is 35.5 Å². The molecule has 35 heavy (non-hydrogen) atoms. The average molecular weight is 498 g/mol. The second-order valence-corrected chi connectivity index (χ2v) is 11.5. The van der Waals surface area contributed by atoms with Crippen molar-refractivity contribution in [2.45, 2.75) is 82.8 Å². The van der Waals surface area contributed by atoms with Gasteiger partial charge < -0.3 is 14.5 Å². The van der Waals surface area contributed by atoms with E-state index in [1.54, 1.807) is 0 Å². The first kappa shape index (κ1) is 24.6. The minimum absolute atomic E-state index is 0.179. The first-order valence-electron chi connectivity index (χ1n) is 13.3. The third-order valence-corrected chi connectivity index (χ3v) is 8.76. The Hall–Kier alpha value is -2.06. The van der Waals surface area contributed by atoms with Crippen LogP contribution in [0.2, 0.25) is 0 Å². The predicted molar refractivity (Wildman–Crippen MR) is 140 cm³/mol. The summed E-state index contributed by atoms with van der Waals surface area (Å²) in [5, 5.41) is 10.0. The summed E-state index contributed by atoms with van der Waals surface area (Å²) < 4.78 is 8.17. The van der Waals surface area contributed by atoms with E-state index in [4.69, 9.17) is 4.74 Å². The fraction of sp³-hybridized carbons (Fsp3) is 0.667. The molecular formula is C27H39N5O2S. The second-order valence-electron chi connectivity index (χ2n) is 10.6. The molecule has 3 heterocycles. The summed E-state index contributed by atoms with van der Waals surface area (Å²) in [6.07, 6.45) is 7.19. The number of ether oxygens (including phenoxy) is 1. The number of rotatable bonds is 10. The van der Waals surface area contributed by atoms with Crippen molar-refractivity contribution in [3.63, 3.8) is 0 Å². The number of carbonyl (C=O) groups is 1. The molecular weight excluding hydrogens is 458 g/mol. The Bertz CT molecular complexity index is 965. The van der Waals surface area contributed by atoms with Gasteiger partial charge >= 0.3 is 0 Å². The third-order valence-electron chi connectivity index (χ3n) is 7.81. The van der Waals surface area contributed by atoms with Gasteiger partial charge in [-0.2, -0.15) is 0 Å². The lowest BCUT2D eigenvalue weighted by molar-refractivity contribution is -0.131. The van der Waals surface area contributed by atoms with Crippen molar-refractivity contribution in [2.24, 2.45) is 11.8 Å². The first-order valence-corrected chi connectivity index (χ1v) is 14.3. The fourth-order valence-corrected chi connectivity index (χ4v) is 6.09. The summed E-state index contributed by atoms with van der Waals surface area (Å²) in [6, 6.07) is 10.6. The molecule has 0 radical (unpaired) electrons. The van der Waals surface area contributed by atoms with E-state index in [0.717, 1.165) is 56.1 Å². The van der Waals surface area contributed by atoms with Crippen molar-refractivity contribution in [2.75, 3.05) is 30.3 Å². The number of carbonyl (C=O) groups excluding carboxylic acids is 1. The van der Waals surface area contributed by atoms with Gasteiger partial charge in [0.2, 0.25) is 11.9 Å². The lowest BCUT2D eigenvalue weighted by atomic mass is 10.00. The van der Waals surface area contributed by atoms with E-state index in [2.05, 4.69) is 50.5 Å². The Morgan fingerprint density at radius 3 is 2.60 bits per heavy atom. The predicted octanol–water partition coefficient (Wildman–Crippen LogP) is 4.61. The summed E-state index contributed by atoms with van der Waals surface area (Å²) in [7, 11) is 0. The molecule has 2 saturated heterocycles. The van der Waals surface area contributed by atoms with Crippen LogP contribution in [0.25, 0.3) is 0 Å². The highest BCUT2D eigenvalue weighted by molar-refractivity contribution is 7.99. The van der Waals surface area contributed by atoms with E-state index >= 15 is 0 Å². The Kier molecular flexibility index (Phi) is 7.97. The van der Waals surface area contributed by atoms with E-state index in [9.17, 15) is 4.79 Å². The van der Waals surface area contributed by atoms with Crippen LogP contribution in [0.5, 0.6) is 0 Å². The van der Waals surface area contributed by atoms with E-state index in [1.807, 2.05) is 18.2 Å². The molecule has 1 aliphatic carbocycles. The van der Waals surface area contributed by atoms with E-state index in [1.165, 1.54) is 43.0 Å². The standard InChI is InChI=1S/C27H39N5O2S/c1-20-12-14-30(15-13-20)26-28-29-27(32(26)18-24-9-6-16-34-24)35-19-25(33)31(21(2)23-10-11-23)17-22-7-4-3-5-8-22/h3-5,7-8,20-21,23-24H,6,9-19H2,1-2H3. The number of benzene rings is 1. The van der Waals surface area contributed by atoms with Gasteiger partial charge in [0.1, 0.15) is 0 Å². The maximum atomic E-state index is 13.5. The molecule has 1 amide bonds. The van der Waals surface area contributed by atoms with Crippen LogP contribution in [0.3, 0.4) is 0 Å². The third kappa shape index (κ3) is 6.20. The van der Waals surface area contributed by atoms with Crippen molar-refractivity contribution in [3.8, 4) is 0 Å². The summed E-state index contributed by atoms with van der Waals surface area (Å²) in [4.78, 5) is 18.0. The van der Waals surface area contributed by atoms with Crippen LogP contribution < -0.4 is 4.90 Å². The van der Waals surface area contributed by atoms with Crippen LogP contribution in [0.4, 0.5) is 5.95 Å². The van der Waals surface area contributed by atoms with Crippen LogP contribution >= 0.6 is 11.8 Å². The molecule has 0 bridgehead atoms. The van der Waals surface area contributed by atoms with Gasteiger partial charge in [0, 0.05) is 32.3 Å². The van der Waals surface area contributed by atoms with Gasteiger partial charge in [-0.3, -0.25) is 9.36 Å². The van der Waals surface area contributed by atoms with Crippen LogP contribution in [0.1, 0.15) is 57.9 Å². The molecule has 3 fully saturated rings. The quantitative estimate of drug-likeness (QED) is 0.447. The van der Waals surface area contributed by atoms with Crippen molar-refractivity contribution in [3.05, 3.63) is 35.9 Å². The van der Waals surface area contributed by atoms with Gasteiger partial charge in [0.15, 0.2) is 5.16 Å². The topological polar surface area (TPSA) is 63.5 Å². The Morgan fingerprint density at radius 1 is 1.14 bits per heavy atom. The van der Waals surface area contributed by atoms with Crippen molar-refractivity contribution in [1.82, 2.24) is 19.7 Å². The molecule has 5 rings (SSSR count). The number of nitrogens with zero attached hydrogens (tertiary/aromatic N) is 5. The van der Waals surface area contributed by atoms with Gasteiger partial charge in [-0.05, 0) is 62.8 Å². The highest BCUT2D eigenvalue weighted by Crippen LogP contribution is 2.36. The van der Waals surface area contributed by atoms with Crippen molar-refractivity contribution < 1.29 is 9.53 Å². The van der Waals surface area contributed by atoms with E-state index in [0.29, 0.717) is 18.2 Å². The SMILES string of the molecule is CC1CCN(c2nnc(SCC(=O)N(Cc3ccccc3)C(C)C3CC3)n2CC2CCCO2)CC1. The number of piperidine rings is 1. The summed E-state index contributed by atoms with van der Waals surface area (Å²) in [5.74, 6) is 2.89. The number of hydrogen-bond acceptors (Lipinski definition) is 6. The lowest BCUT2D eigenvalue weighted by Gasteiger charge is -2.31. The average Bonchev–Trinajstić information content (AvgIpc) is 3.47.